The number of rotatable bonds is 1. The van der Waals surface area contributed by atoms with E-state index in [0.717, 1.165) is 13.1 Å². The van der Waals surface area contributed by atoms with E-state index in [2.05, 4.69) is 28.4 Å². The van der Waals surface area contributed by atoms with Crippen LogP contribution in [0.3, 0.4) is 0 Å². The highest BCUT2D eigenvalue weighted by atomic mass is 15.2. The molecule has 1 N–H and O–H groups in total. The third-order valence-corrected chi connectivity index (χ3v) is 2.52. The van der Waals surface area contributed by atoms with E-state index in [1.807, 2.05) is 0 Å². The fourth-order valence-corrected chi connectivity index (χ4v) is 1.81. The number of nitrogens with zero attached hydrogens (tertiary/aromatic N) is 1. The number of piperazine rings is 1. The summed E-state index contributed by atoms with van der Waals surface area (Å²) in [5, 5.41) is 3.37. The van der Waals surface area contributed by atoms with Gasteiger partial charge >= 0.3 is 0 Å². The van der Waals surface area contributed by atoms with Crippen LogP contribution < -0.4 is 5.32 Å². The standard InChI is InChI=1S/C10H16N2/c1-2-4-10(5-3-1)12-8-6-11-7-9-12/h1-2,4,11H,3,5-9H2. The maximum Gasteiger partial charge on any atom is 0.0300 e. The monoisotopic (exact) mass is 164 g/mol. The van der Waals surface area contributed by atoms with E-state index >= 15 is 0 Å². The van der Waals surface area contributed by atoms with E-state index in [4.69, 9.17) is 0 Å². The maximum absolute atomic E-state index is 3.37. The summed E-state index contributed by atoms with van der Waals surface area (Å²) >= 11 is 0. The molecule has 2 aliphatic rings. The van der Waals surface area contributed by atoms with Gasteiger partial charge in [0, 0.05) is 31.9 Å². The zero-order valence-electron chi connectivity index (χ0n) is 7.42. The minimum atomic E-state index is 1.14. The van der Waals surface area contributed by atoms with Crippen molar-refractivity contribution < 1.29 is 0 Å². The normalized spacial score (nSPS) is 24.0. The molecule has 2 heteroatoms. The first-order chi connectivity index (χ1) is 5.97. The summed E-state index contributed by atoms with van der Waals surface area (Å²) < 4.78 is 0. The average Bonchev–Trinajstić information content (AvgIpc) is 2.21. The van der Waals surface area contributed by atoms with Crippen molar-refractivity contribution in [2.24, 2.45) is 0 Å². The molecule has 1 fully saturated rings. The summed E-state index contributed by atoms with van der Waals surface area (Å²) in [7, 11) is 0. The Morgan fingerprint density at radius 2 is 2.08 bits per heavy atom. The summed E-state index contributed by atoms with van der Waals surface area (Å²) in [6.07, 6.45) is 9.13. The Balaban J connectivity index is 1.97. The number of allylic oxidation sites excluding steroid dienone is 4. The lowest BCUT2D eigenvalue weighted by atomic mass is 10.1. The molecule has 1 heterocycles. The molecule has 0 spiro atoms. The van der Waals surface area contributed by atoms with Crippen molar-refractivity contribution >= 4 is 0 Å². The Morgan fingerprint density at radius 1 is 1.25 bits per heavy atom. The SMILES string of the molecule is C1=CCCC(N2CCNCC2)=C1. The maximum atomic E-state index is 3.37. The second-order valence-corrected chi connectivity index (χ2v) is 3.36. The van der Waals surface area contributed by atoms with E-state index in [1.54, 1.807) is 0 Å². The Bertz CT molecular complexity index is 200. The first-order valence-corrected chi connectivity index (χ1v) is 4.78. The van der Waals surface area contributed by atoms with Crippen LogP contribution in [0.2, 0.25) is 0 Å². The molecule has 0 aromatic rings. The van der Waals surface area contributed by atoms with Crippen LogP contribution in [0.25, 0.3) is 0 Å². The van der Waals surface area contributed by atoms with Crippen LogP contribution in [0.4, 0.5) is 0 Å². The van der Waals surface area contributed by atoms with Crippen LogP contribution in [-0.4, -0.2) is 31.1 Å². The van der Waals surface area contributed by atoms with Crippen LogP contribution in [-0.2, 0) is 0 Å². The lowest BCUT2D eigenvalue weighted by Gasteiger charge is -2.32. The molecular weight excluding hydrogens is 148 g/mol. The highest BCUT2D eigenvalue weighted by molar-refractivity contribution is 5.17. The zero-order valence-corrected chi connectivity index (χ0v) is 7.42. The number of hydrogen-bond acceptors (Lipinski definition) is 2. The summed E-state index contributed by atoms with van der Waals surface area (Å²) in [6, 6.07) is 0. The minimum Gasteiger partial charge on any atom is -0.372 e. The Hall–Kier alpha value is -0.760. The zero-order chi connectivity index (χ0) is 8.23. The van der Waals surface area contributed by atoms with E-state index in [-0.39, 0.29) is 0 Å². The predicted octanol–water partition coefficient (Wildman–Crippen LogP) is 1.13. The highest BCUT2D eigenvalue weighted by Gasteiger charge is 2.12. The van der Waals surface area contributed by atoms with Crippen LogP contribution in [0.1, 0.15) is 12.8 Å². The molecule has 0 radical (unpaired) electrons. The molecule has 1 aliphatic carbocycles. The molecule has 0 amide bonds. The van der Waals surface area contributed by atoms with Gasteiger partial charge in [0.15, 0.2) is 0 Å². The molecule has 1 aliphatic heterocycles. The van der Waals surface area contributed by atoms with Crippen molar-refractivity contribution in [1.29, 1.82) is 0 Å². The van der Waals surface area contributed by atoms with Crippen molar-refractivity contribution in [3.05, 3.63) is 23.9 Å². The summed E-state index contributed by atoms with van der Waals surface area (Å²) in [5.41, 5.74) is 1.53. The third-order valence-electron chi connectivity index (χ3n) is 2.52. The van der Waals surface area contributed by atoms with Gasteiger partial charge in [-0.1, -0.05) is 12.2 Å². The van der Waals surface area contributed by atoms with Gasteiger partial charge in [-0.25, -0.2) is 0 Å². The predicted molar refractivity (Wildman–Crippen MR) is 50.9 cm³/mol. The van der Waals surface area contributed by atoms with Crippen LogP contribution in [0.15, 0.2) is 23.9 Å². The van der Waals surface area contributed by atoms with Gasteiger partial charge in [-0.3, -0.25) is 0 Å². The Labute approximate surface area is 73.9 Å². The van der Waals surface area contributed by atoms with E-state index in [0.29, 0.717) is 0 Å². The molecule has 66 valence electrons. The van der Waals surface area contributed by atoms with E-state index in [1.165, 1.54) is 31.6 Å². The summed E-state index contributed by atoms with van der Waals surface area (Å²) in [4.78, 5) is 2.50. The molecule has 0 aromatic carbocycles. The Kier molecular flexibility index (Phi) is 2.47. The highest BCUT2D eigenvalue weighted by Crippen LogP contribution is 2.16. The lowest BCUT2D eigenvalue weighted by Crippen LogP contribution is -2.42. The number of nitrogens with one attached hydrogen (secondary N) is 1. The van der Waals surface area contributed by atoms with Crippen LogP contribution in [0, 0.1) is 0 Å². The van der Waals surface area contributed by atoms with Gasteiger partial charge in [0.25, 0.3) is 0 Å². The fourth-order valence-electron chi connectivity index (χ4n) is 1.81. The molecule has 1 saturated heterocycles. The molecular formula is C10H16N2. The quantitative estimate of drug-likeness (QED) is 0.625. The van der Waals surface area contributed by atoms with Gasteiger partial charge in [0.1, 0.15) is 0 Å². The lowest BCUT2D eigenvalue weighted by molar-refractivity contribution is 0.290. The van der Waals surface area contributed by atoms with Gasteiger partial charge in [0.05, 0.1) is 0 Å². The molecule has 0 atom stereocenters. The summed E-state index contributed by atoms with van der Waals surface area (Å²) in [6.45, 7) is 4.64. The molecule has 12 heavy (non-hydrogen) atoms. The average molecular weight is 164 g/mol. The van der Waals surface area contributed by atoms with Gasteiger partial charge in [0.2, 0.25) is 0 Å². The van der Waals surface area contributed by atoms with E-state index < -0.39 is 0 Å². The number of hydrogen-bond donors (Lipinski definition) is 1. The topological polar surface area (TPSA) is 15.3 Å². The molecule has 0 saturated carbocycles. The van der Waals surface area contributed by atoms with Crippen molar-refractivity contribution in [1.82, 2.24) is 10.2 Å². The van der Waals surface area contributed by atoms with Gasteiger partial charge in [-0.2, -0.15) is 0 Å². The second kappa shape index (κ2) is 3.76. The molecule has 2 rings (SSSR count). The first-order valence-electron chi connectivity index (χ1n) is 4.78. The van der Waals surface area contributed by atoms with Crippen LogP contribution >= 0.6 is 0 Å². The Morgan fingerprint density at radius 3 is 2.75 bits per heavy atom. The van der Waals surface area contributed by atoms with E-state index in [9.17, 15) is 0 Å². The molecule has 0 unspecified atom stereocenters. The second-order valence-electron chi connectivity index (χ2n) is 3.36. The van der Waals surface area contributed by atoms with Crippen LogP contribution in [0.5, 0.6) is 0 Å². The smallest absolute Gasteiger partial charge is 0.0300 e. The fraction of sp³-hybridized carbons (Fsp3) is 0.600. The summed E-state index contributed by atoms with van der Waals surface area (Å²) in [5.74, 6) is 0. The van der Waals surface area contributed by atoms with Crippen molar-refractivity contribution in [2.45, 2.75) is 12.8 Å². The minimum absolute atomic E-state index is 1.14. The van der Waals surface area contributed by atoms with Crippen molar-refractivity contribution in [3.63, 3.8) is 0 Å². The van der Waals surface area contributed by atoms with Gasteiger partial charge in [-0.15, -0.1) is 0 Å². The van der Waals surface area contributed by atoms with Crippen molar-refractivity contribution in [2.75, 3.05) is 26.2 Å². The van der Waals surface area contributed by atoms with Crippen molar-refractivity contribution in [3.8, 4) is 0 Å². The third kappa shape index (κ3) is 1.69. The largest absolute Gasteiger partial charge is 0.372 e. The molecule has 0 aromatic heterocycles. The molecule has 2 nitrogen and oxygen atoms in total. The molecule has 0 bridgehead atoms. The van der Waals surface area contributed by atoms with Gasteiger partial charge < -0.3 is 10.2 Å². The van der Waals surface area contributed by atoms with Gasteiger partial charge in [-0.05, 0) is 18.9 Å². The first kappa shape index (κ1) is 7.87.